The largest absolute Gasteiger partial charge is 0.444 e. The van der Waals surface area contributed by atoms with Crippen molar-refractivity contribution in [2.24, 2.45) is 10.9 Å². The molecule has 0 aliphatic carbocycles. The maximum Gasteiger partial charge on any atom is 0.410 e. The molecule has 1 saturated heterocycles. The van der Waals surface area contributed by atoms with Gasteiger partial charge in [0.1, 0.15) is 5.60 Å². The molecule has 1 aliphatic rings. The van der Waals surface area contributed by atoms with Gasteiger partial charge in [-0.2, -0.15) is 0 Å². The second-order valence-corrected chi connectivity index (χ2v) is 5.45. The highest BCUT2D eigenvalue weighted by Gasteiger charge is 2.32. The summed E-state index contributed by atoms with van der Waals surface area (Å²) < 4.78 is 5.30. The second kappa shape index (κ2) is 5.43. The first-order chi connectivity index (χ1) is 8.24. The number of amides is 1. The van der Waals surface area contributed by atoms with Crippen molar-refractivity contribution in [2.45, 2.75) is 32.4 Å². The smallest absolute Gasteiger partial charge is 0.410 e. The van der Waals surface area contributed by atoms with Gasteiger partial charge in [0.15, 0.2) is 5.84 Å². The van der Waals surface area contributed by atoms with Crippen molar-refractivity contribution in [3.05, 3.63) is 0 Å². The zero-order valence-corrected chi connectivity index (χ0v) is 11.4. The van der Waals surface area contributed by atoms with Crippen LogP contribution in [0.3, 0.4) is 0 Å². The van der Waals surface area contributed by atoms with E-state index in [1.807, 2.05) is 32.7 Å². The molecule has 0 bridgehead atoms. The predicted molar refractivity (Wildman–Crippen MR) is 67.6 cm³/mol. The van der Waals surface area contributed by atoms with Gasteiger partial charge >= 0.3 is 6.09 Å². The van der Waals surface area contributed by atoms with Crippen molar-refractivity contribution in [1.29, 1.82) is 0 Å². The molecule has 3 N–H and O–H groups in total. The Morgan fingerprint density at radius 1 is 1.44 bits per heavy atom. The van der Waals surface area contributed by atoms with Gasteiger partial charge in [0.2, 0.25) is 0 Å². The Morgan fingerprint density at radius 3 is 2.56 bits per heavy atom. The Bertz CT molecular complexity index is 338. The fraction of sp³-hybridized carbons (Fsp3) is 0.818. The number of amidine groups is 1. The molecule has 1 fully saturated rings. The van der Waals surface area contributed by atoms with Gasteiger partial charge < -0.3 is 20.6 Å². The number of ether oxygens (including phenoxy) is 1. The Labute approximate surface area is 107 Å². The highest BCUT2D eigenvalue weighted by Crippen LogP contribution is 2.14. The third-order valence-electron chi connectivity index (χ3n) is 2.76. The lowest BCUT2D eigenvalue weighted by molar-refractivity contribution is 0.0127. The lowest BCUT2D eigenvalue weighted by atomic mass is 10.1. The minimum atomic E-state index is -0.521. The van der Waals surface area contributed by atoms with Crippen molar-refractivity contribution < 1.29 is 14.7 Å². The fourth-order valence-corrected chi connectivity index (χ4v) is 1.75. The zero-order valence-electron chi connectivity index (χ0n) is 11.4. The van der Waals surface area contributed by atoms with Crippen LogP contribution in [-0.4, -0.2) is 65.3 Å². The molecule has 7 nitrogen and oxygen atoms in total. The molecule has 1 atom stereocenters. The SMILES string of the molecule is CN1CCN(C(=O)OC(C)(C)C)C[C@H]1/C(N)=N\O. The van der Waals surface area contributed by atoms with Gasteiger partial charge in [-0.05, 0) is 27.8 Å². The van der Waals surface area contributed by atoms with Gasteiger partial charge in [-0.3, -0.25) is 4.90 Å². The second-order valence-electron chi connectivity index (χ2n) is 5.45. The standard InChI is InChI=1S/C11H22N4O3/c1-11(2,3)18-10(16)15-6-5-14(4)8(7-15)9(12)13-17/h8,17H,5-7H2,1-4H3,(H2,12,13)/t8-/m0/s1. The molecule has 0 spiro atoms. The average molecular weight is 258 g/mol. The summed E-state index contributed by atoms with van der Waals surface area (Å²) in [6.07, 6.45) is -0.369. The van der Waals surface area contributed by atoms with E-state index in [9.17, 15) is 4.79 Å². The van der Waals surface area contributed by atoms with Crippen LogP contribution in [0.5, 0.6) is 0 Å². The maximum atomic E-state index is 11.9. The van der Waals surface area contributed by atoms with E-state index in [0.29, 0.717) is 19.6 Å². The van der Waals surface area contributed by atoms with E-state index < -0.39 is 5.60 Å². The van der Waals surface area contributed by atoms with Crippen LogP contribution in [0.25, 0.3) is 0 Å². The average Bonchev–Trinajstić information content (AvgIpc) is 2.26. The minimum Gasteiger partial charge on any atom is -0.444 e. The number of nitrogens with two attached hydrogens (primary N) is 1. The number of nitrogens with zero attached hydrogens (tertiary/aromatic N) is 3. The summed E-state index contributed by atoms with van der Waals surface area (Å²) in [6, 6.07) is -0.281. The van der Waals surface area contributed by atoms with Crippen LogP contribution < -0.4 is 5.73 Å². The molecule has 1 rings (SSSR count). The normalized spacial score (nSPS) is 23.0. The van der Waals surface area contributed by atoms with Crippen LogP contribution in [0.1, 0.15) is 20.8 Å². The molecule has 0 aromatic carbocycles. The maximum absolute atomic E-state index is 11.9. The molecule has 1 amide bonds. The Kier molecular flexibility index (Phi) is 4.39. The van der Waals surface area contributed by atoms with Gasteiger partial charge in [-0.15, -0.1) is 0 Å². The molecule has 0 saturated carbocycles. The summed E-state index contributed by atoms with van der Waals surface area (Å²) in [4.78, 5) is 15.4. The number of rotatable bonds is 1. The van der Waals surface area contributed by atoms with E-state index in [2.05, 4.69) is 5.16 Å². The van der Waals surface area contributed by atoms with Crippen molar-refractivity contribution in [1.82, 2.24) is 9.80 Å². The predicted octanol–water partition coefficient (Wildman–Crippen LogP) is 0.284. The summed E-state index contributed by atoms with van der Waals surface area (Å²) in [5.74, 6) is 0.103. The number of hydrogen-bond acceptors (Lipinski definition) is 5. The van der Waals surface area contributed by atoms with Crippen LogP contribution in [-0.2, 0) is 4.74 Å². The van der Waals surface area contributed by atoms with Gasteiger partial charge in [-0.25, -0.2) is 4.79 Å². The highest BCUT2D eigenvalue weighted by molar-refractivity contribution is 5.86. The number of likely N-dealkylation sites (N-methyl/N-ethyl adjacent to an activating group) is 1. The third-order valence-corrected chi connectivity index (χ3v) is 2.76. The quantitative estimate of drug-likeness (QED) is 0.305. The molecule has 1 aliphatic heterocycles. The van der Waals surface area contributed by atoms with Gasteiger partial charge in [0.25, 0.3) is 0 Å². The monoisotopic (exact) mass is 258 g/mol. The first-order valence-corrected chi connectivity index (χ1v) is 5.90. The van der Waals surface area contributed by atoms with E-state index in [0.717, 1.165) is 0 Å². The third kappa shape index (κ3) is 3.76. The summed E-state index contributed by atoms with van der Waals surface area (Å²) in [6.45, 7) is 7.05. The first kappa shape index (κ1) is 14.6. The molecule has 104 valence electrons. The number of piperazine rings is 1. The summed E-state index contributed by atoms with van der Waals surface area (Å²) >= 11 is 0. The molecule has 18 heavy (non-hydrogen) atoms. The highest BCUT2D eigenvalue weighted by atomic mass is 16.6. The summed E-state index contributed by atoms with van der Waals surface area (Å²) in [7, 11) is 1.87. The Morgan fingerprint density at radius 2 is 2.06 bits per heavy atom. The molecule has 7 heteroatoms. The molecule has 0 unspecified atom stereocenters. The van der Waals surface area contributed by atoms with E-state index in [1.165, 1.54) is 0 Å². The zero-order chi connectivity index (χ0) is 13.9. The van der Waals surface area contributed by atoms with Crippen LogP contribution in [0.4, 0.5) is 4.79 Å². The van der Waals surface area contributed by atoms with Crippen LogP contribution in [0.2, 0.25) is 0 Å². The minimum absolute atomic E-state index is 0.103. The fourth-order valence-electron chi connectivity index (χ4n) is 1.75. The van der Waals surface area contributed by atoms with Crippen molar-refractivity contribution in [3.63, 3.8) is 0 Å². The summed E-state index contributed by atoms with van der Waals surface area (Å²) in [5, 5.41) is 11.7. The topological polar surface area (TPSA) is 91.4 Å². The first-order valence-electron chi connectivity index (χ1n) is 5.90. The number of carbonyl (C=O) groups is 1. The Balaban J connectivity index is 2.67. The summed E-state index contributed by atoms with van der Waals surface area (Å²) in [5.41, 5.74) is 5.09. The van der Waals surface area contributed by atoms with Gasteiger partial charge in [0, 0.05) is 19.6 Å². The number of hydrogen-bond donors (Lipinski definition) is 2. The van der Waals surface area contributed by atoms with Crippen LogP contribution >= 0.6 is 0 Å². The lowest BCUT2D eigenvalue weighted by Crippen LogP contribution is -2.58. The molecular weight excluding hydrogens is 236 g/mol. The van der Waals surface area contributed by atoms with Crippen LogP contribution in [0.15, 0.2) is 5.16 Å². The molecule has 1 heterocycles. The molecule has 0 radical (unpaired) electrons. The lowest BCUT2D eigenvalue weighted by Gasteiger charge is -2.38. The van der Waals surface area contributed by atoms with Crippen molar-refractivity contribution in [2.75, 3.05) is 26.7 Å². The van der Waals surface area contributed by atoms with Crippen molar-refractivity contribution in [3.8, 4) is 0 Å². The number of carbonyl (C=O) groups excluding carboxylic acids is 1. The van der Waals surface area contributed by atoms with E-state index in [-0.39, 0.29) is 18.0 Å². The van der Waals surface area contributed by atoms with E-state index >= 15 is 0 Å². The van der Waals surface area contributed by atoms with Crippen molar-refractivity contribution >= 4 is 11.9 Å². The van der Waals surface area contributed by atoms with Crippen LogP contribution in [0, 0.1) is 0 Å². The van der Waals surface area contributed by atoms with E-state index in [4.69, 9.17) is 15.7 Å². The van der Waals surface area contributed by atoms with E-state index in [1.54, 1.807) is 4.90 Å². The van der Waals surface area contributed by atoms with Gasteiger partial charge in [0.05, 0.1) is 6.04 Å². The Hall–Kier alpha value is -1.50. The number of oxime groups is 1. The molecule has 0 aromatic heterocycles. The molecular formula is C11H22N4O3. The van der Waals surface area contributed by atoms with Gasteiger partial charge in [-0.1, -0.05) is 5.16 Å². The molecule has 0 aromatic rings.